The lowest BCUT2D eigenvalue weighted by Gasteiger charge is -2.50. The van der Waals surface area contributed by atoms with Crippen molar-refractivity contribution in [3.8, 4) is 5.75 Å². The number of rotatable bonds is 2. The summed E-state index contributed by atoms with van der Waals surface area (Å²) in [5.41, 5.74) is 4.29. The molecule has 0 aliphatic carbocycles. The largest absolute Gasteiger partial charge is 0.497 e. The zero-order chi connectivity index (χ0) is 18.4. The fraction of sp³-hybridized carbons (Fsp3) is 0.400. The van der Waals surface area contributed by atoms with Crippen molar-refractivity contribution in [3.05, 3.63) is 47.1 Å². The first kappa shape index (κ1) is 16.6. The second kappa shape index (κ2) is 6.27. The van der Waals surface area contributed by atoms with Crippen molar-refractivity contribution >= 4 is 28.8 Å². The van der Waals surface area contributed by atoms with Gasteiger partial charge >= 0.3 is 0 Å². The summed E-state index contributed by atoms with van der Waals surface area (Å²) in [5.74, 6) is 0.953. The molecular formula is C20H22N4O2S. The number of methoxy groups -OCH3 is 1. The van der Waals surface area contributed by atoms with Crippen LogP contribution in [-0.4, -0.2) is 47.5 Å². The van der Waals surface area contributed by atoms with E-state index in [4.69, 9.17) is 4.74 Å². The lowest BCUT2D eigenvalue weighted by atomic mass is 9.81. The third-order valence-corrected chi connectivity index (χ3v) is 6.51. The smallest absolute Gasteiger partial charge is 0.256 e. The van der Waals surface area contributed by atoms with Gasteiger partial charge in [-0.25, -0.2) is 4.37 Å². The van der Waals surface area contributed by atoms with Gasteiger partial charge in [0.05, 0.1) is 35.8 Å². The Kier molecular flexibility index (Phi) is 3.86. The summed E-state index contributed by atoms with van der Waals surface area (Å²) in [6, 6.07) is 6.24. The van der Waals surface area contributed by atoms with Gasteiger partial charge < -0.3 is 19.9 Å². The van der Waals surface area contributed by atoms with Crippen LogP contribution in [0.4, 0.5) is 11.4 Å². The lowest BCUT2D eigenvalue weighted by Crippen LogP contribution is -2.56. The highest BCUT2D eigenvalue weighted by Gasteiger charge is 2.46. The normalized spacial score (nSPS) is 20.0. The van der Waals surface area contributed by atoms with E-state index in [1.54, 1.807) is 13.3 Å². The van der Waals surface area contributed by atoms with Crippen LogP contribution in [0.3, 0.4) is 0 Å². The van der Waals surface area contributed by atoms with Crippen molar-refractivity contribution in [2.75, 3.05) is 37.0 Å². The first-order valence-corrected chi connectivity index (χ1v) is 10.2. The van der Waals surface area contributed by atoms with Gasteiger partial charge in [0.25, 0.3) is 5.91 Å². The first-order valence-electron chi connectivity index (χ1n) is 9.33. The molecule has 6 nitrogen and oxygen atoms in total. The van der Waals surface area contributed by atoms with Gasteiger partial charge in [-0.15, -0.1) is 0 Å². The highest BCUT2D eigenvalue weighted by Crippen LogP contribution is 2.48. The minimum absolute atomic E-state index is 0.0914. The molecule has 1 aromatic carbocycles. The quantitative estimate of drug-likeness (QED) is 0.863. The Bertz CT molecular complexity index is 901. The topological polar surface area (TPSA) is 57.7 Å². The number of nitrogens with one attached hydrogen (secondary N) is 1. The van der Waals surface area contributed by atoms with Gasteiger partial charge in [-0.2, -0.15) is 0 Å². The number of fused-ring (bicyclic) bond motifs is 4. The molecule has 1 amide bonds. The van der Waals surface area contributed by atoms with Gasteiger partial charge in [0, 0.05) is 36.8 Å². The monoisotopic (exact) mass is 382 g/mol. The van der Waals surface area contributed by atoms with Gasteiger partial charge in [0.2, 0.25) is 0 Å². The van der Waals surface area contributed by atoms with Crippen LogP contribution in [-0.2, 0) is 0 Å². The van der Waals surface area contributed by atoms with Crippen molar-refractivity contribution < 1.29 is 9.53 Å². The zero-order valence-corrected chi connectivity index (χ0v) is 16.1. The Balaban J connectivity index is 1.42. The minimum atomic E-state index is -0.112. The third-order valence-electron chi connectivity index (χ3n) is 5.92. The summed E-state index contributed by atoms with van der Waals surface area (Å²) in [5, 5.41) is 5.64. The Hall–Kier alpha value is -2.54. The average molecular weight is 382 g/mol. The molecule has 2 aromatic rings. The summed E-state index contributed by atoms with van der Waals surface area (Å²) in [6.07, 6.45) is 6.89. The molecule has 140 valence electrons. The van der Waals surface area contributed by atoms with Gasteiger partial charge in [0.1, 0.15) is 5.75 Å². The van der Waals surface area contributed by atoms with E-state index in [2.05, 4.69) is 32.8 Å². The second-order valence-electron chi connectivity index (χ2n) is 7.33. The number of hydrogen-bond donors (Lipinski definition) is 1. The molecule has 0 saturated carbocycles. The average Bonchev–Trinajstić information content (AvgIpc) is 3.40. The number of carbonyl (C=O) groups is 1. The molecule has 1 N–H and O–H groups in total. The highest BCUT2D eigenvalue weighted by atomic mass is 32.1. The SMILES string of the molecule is COc1ccc2c(c1)NC1(CCN(C(=O)c3cnsc3)CC1)C1=CCCN12. The molecule has 4 heterocycles. The third kappa shape index (κ3) is 2.60. The summed E-state index contributed by atoms with van der Waals surface area (Å²) in [4.78, 5) is 17.1. The Morgan fingerprint density at radius 2 is 2.15 bits per heavy atom. The van der Waals surface area contributed by atoms with E-state index in [-0.39, 0.29) is 11.4 Å². The van der Waals surface area contributed by atoms with Crippen LogP contribution in [0.2, 0.25) is 0 Å². The van der Waals surface area contributed by atoms with E-state index in [1.165, 1.54) is 22.9 Å². The minimum Gasteiger partial charge on any atom is -0.497 e. The Morgan fingerprint density at radius 1 is 1.30 bits per heavy atom. The van der Waals surface area contributed by atoms with Crippen molar-refractivity contribution in [1.29, 1.82) is 0 Å². The van der Waals surface area contributed by atoms with E-state index in [9.17, 15) is 4.79 Å². The Labute approximate surface area is 162 Å². The summed E-state index contributed by atoms with van der Waals surface area (Å²) >= 11 is 1.32. The maximum Gasteiger partial charge on any atom is 0.256 e. The number of anilines is 2. The number of aromatic nitrogens is 1. The first-order chi connectivity index (χ1) is 13.2. The molecule has 0 bridgehead atoms. The predicted molar refractivity (Wildman–Crippen MR) is 107 cm³/mol. The standard InChI is InChI=1S/C20H22N4O2S/c1-26-15-4-5-17-16(11-15)22-20(18-3-2-8-24(17)18)6-9-23(10-7-20)19(25)14-12-21-27-13-14/h3-5,11-13,22H,2,6-10H2,1H3. The molecule has 27 heavy (non-hydrogen) atoms. The van der Waals surface area contributed by atoms with Crippen LogP contribution in [0.1, 0.15) is 29.6 Å². The van der Waals surface area contributed by atoms with Gasteiger partial charge in [-0.05, 0) is 42.9 Å². The Morgan fingerprint density at radius 3 is 2.89 bits per heavy atom. The predicted octanol–water partition coefficient (Wildman–Crippen LogP) is 3.35. The zero-order valence-electron chi connectivity index (χ0n) is 15.3. The second-order valence-corrected chi connectivity index (χ2v) is 7.98. The number of benzene rings is 1. The molecule has 1 spiro atoms. The number of nitrogens with zero attached hydrogens (tertiary/aromatic N) is 3. The van der Waals surface area contributed by atoms with Gasteiger partial charge in [-0.3, -0.25) is 4.79 Å². The number of piperidine rings is 1. The number of hydrogen-bond acceptors (Lipinski definition) is 6. The molecule has 0 atom stereocenters. The van der Waals surface area contributed by atoms with Crippen molar-refractivity contribution in [3.63, 3.8) is 0 Å². The van der Waals surface area contributed by atoms with Crippen LogP contribution in [0, 0.1) is 0 Å². The molecule has 3 aliphatic heterocycles. The fourth-order valence-corrected chi connectivity index (χ4v) is 5.04. The summed E-state index contributed by atoms with van der Waals surface area (Å²) in [7, 11) is 1.70. The summed E-state index contributed by atoms with van der Waals surface area (Å²) in [6.45, 7) is 2.50. The maximum absolute atomic E-state index is 12.7. The fourth-order valence-electron chi connectivity index (χ4n) is 4.53. The van der Waals surface area contributed by atoms with E-state index in [0.717, 1.165) is 50.3 Å². The van der Waals surface area contributed by atoms with E-state index >= 15 is 0 Å². The van der Waals surface area contributed by atoms with Crippen LogP contribution in [0.5, 0.6) is 5.75 Å². The van der Waals surface area contributed by atoms with Crippen LogP contribution < -0.4 is 15.0 Å². The van der Waals surface area contributed by atoms with E-state index in [0.29, 0.717) is 5.56 Å². The number of ether oxygens (including phenoxy) is 1. The van der Waals surface area contributed by atoms with Crippen molar-refractivity contribution in [2.45, 2.75) is 24.8 Å². The van der Waals surface area contributed by atoms with Crippen LogP contribution in [0.15, 0.2) is 41.5 Å². The molecule has 7 heteroatoms. The molecule has 1 fully saturated rings. The van der Waals surface area contributed by atoms with E-state index < -0.39 is 0 Å². The van der Waals surface area contributed by atoms with Gasteiger partial charge in [0.15, 0.2) is 0 Å². The number of likely N-dealkylation sites (tertiary alicyclic amines) is 1. The van der Waals surface area contributed by atoms with Crippen LogP contribution >= 0.6 is 11.5 Å². The molecule has 0 unspecified atom stereocenters. The van der Waals surface area contributed by atoms with Crippen LogP contribution in [0.25, 0.3) is 0 Å². The lowest BCUT2D eigenvalue weighted by molar-refractivity contribution is 0.0695. The molecule has 5 rings (SSSR count). The van der Waals surface area contributed by atoms with Crippen molar-refractivity contribution in [2.24, 2.45) is 0 Å². The number of amides is 1. The van der Waals surface area contributed by atoms with E-state index in [1.807, 2.05) is 16.3 Å². The van der Waals surface area contributed by atoms with Gasteiger partial charge in [-0.1, -0.05) is 6.08 Å². The molecule has 1 saturated heterocycles. The summed E-state index contributed by atoms with van der Waals surface area (Å²) < 4.78 is 9.49. The molecular weight excluding hydrogens is 360 g/mol. The maximum atomic E-state index is 12.7. The molecule has 1 aromatic heterocycles. The highest BCUT2D eigenvalue weighted by molar-refractivity contribution is 7.03. The molecule has 3 aliphatic rings. The van der Waals surface area contributed by atoms with Crippen molar-refractivity contribution in [1.82, 2.24) is 9.27 Å². The number of carbonyl (C=O) groups excluding carboxylic acids is 1. The molecule has 0 radical (unpaired) electrons.